The van der Waals surface area contributed by atoms with Gasteiger partial charge in [-0.1, -0.05) is 11.8 Å². The standard InChI is InChI=1S/C12H20N4OS/c1-13-10-7-11(15-12(14-10)18-3)16(2)8-9-5-4-6-17-9/h7,9H,4-6,8H2,1-3H3,(H,13,14,15). The van der Waals surface area contributed by atoms with Crippen molar-refractivity contribution in [2.75, 3.05) is 43.7 Å². The van der Waals surface area contributed by atoms with Crippen molar-refractivity contribution in [1.82, 2.24) is 9.97 Å². The van der Waals surface area contributed by atoms with E-state index in [4.69, 9.17) is 4.74 Å². The van der Waals surface area contributed by atoms with E-state index in [1.54, 1.807) is 11.8 Å². The maximum Gasteiger partial charge on any atom is 0.191 e. The second-order valence-electron chi connectivity index (χ2n) is 4.36. The van der Waals surface area contributed by atoms with Crippen LogP contribution < -0.4 is 10.2 Å². The van der Waals surface area contributed by atoms with Gasteiger partial charge in [-0.25, -0.2) is 9.97 Å². The summed E-state index contributed by atoms with van der Waals surface area (Å²) in [5.74, 6) is 1.79. The molecule has 2 heterocycles. The Hall–Kier alpha value is -1.01. The first kappa shape index (κ1) is 13.4. The lowest BCUT2D eigenvalue weighted by Crippen LogP contribution is -2.29. The minimum atomic E-state index is 0.334. The normalized spacial score (nSPS) is 18.9. The number of hydrogen-bond donors (Lipinski definition) is 1. The first-order valence-electron chi connectivity index (χ1n) is 6.16. The Kier molecular flexibility index (Phi) is 4.66. The van der Waals surface area contributed by atoms with E-state index in [9.17, 15) is 0 Å². The van der Waals surface area contributed by atoms with Crippen LogP contribution in [0, 0.1) is 0 Å². The highest BCUT2D eigenvalue weighted by Crippen LogP contribution is 2.21. The fourth-order valence-electron chi connectivity index (χ4n) is 2.02. The Balaban J connectivity index is 2.09. The Morgan fingerprint density at radius 3 is 3.00 bits per heavy atom. The number of hydrogen-bond acceptors (Lipinski definition) is 6. The van der Waals surface area contributed by atoms with Gasteiger partial charge in [0.1, 0.15) is 11.6 Å². The SMILES string of the molecule is CNc1cc(N(C)CC2CCCO2)nc(SC)n1. The number of likely N-dealkylation sites (N-methyl/N-ethyl adjacent to an activating group) is 1. The highest BCUT2D eigenvalue weighted by atomic mass is 32.2. The Labute approximate surface area is 112 Å². The van der Waals surface area contributed by atoms with Crippen LogP contribution >= 0.6 is 11.8 Å². The molecule has 1 aliphatic heterocycles. The van der Waals surface area contributed by atoms with Crippen LogP contribution in [-0.4, -0.2) is 49.6 Å². The van der Waals surface area contributed by atoms with Crippen LogP contribution in [0.4, 0.5) is 11.6 Å². The molecule has 1 fully saturated rings. The van der Waals surface area contributed by atoms with E-state index in [0.29, 0.717) is 6.10 Å². The number of ether oxygens (including phenoxy) is 1. The van der Waals surface area contributed by atoms with E-state index in [2.05, 4.69) is 20.2 Å². The summed E-state index contributed by atoms with van der Waals surface area (Å²) in [6.07, 6.45) is 4.63. The van der Waals surface area contributed by atoms with Crippen LogP contribution in [0.3, 0.4) is 0 Å². The Morgan fingerprint density at radius 1 is 1.56 bits per heavy atom. The number of nitrogens with zero attached hydrogens (tertiary/aromatic N) is 3. The number of nitrogens with one attached hydrogen (secondary N) is 1. The van der Waals surface area contributed by atoms with Gasteiger partial charge in [-0.3, -0.25) is 0 Å². The van der Waals surface area contributed by atoms with Crippen LogP contribution in [-0.2, 0) is 4.74 Å². The quantitative estimate of drug-likeness (QED) is 0.650. The van der Waals surface area contributed by atoms with Gasteiger partial charge >= 0.3 is 0 Å². The van der Waals surface area contributed by atoms with Crippen molar-refractivity contribution in [3.63, 3.8) is 0 Å². The molecule has 6 heteroatoms. The van der Waals surface area contributed by atoms with Gasteiger partial charge in [-0.15, -0.1) is 0 Å². The van der Waals surface area contributed by atoms with Gasteiger partial charge in [-0.05, 0) is 19.1 Å². The van der Waals surface area contributed by atoms with Gasteiger partial charge in [0, 0.05) is 33.3 Å². The van der Waals surface area contributed by atoms with E-state index in [1.165, 1.54) is 6.42 Å². The lowest BCUT2D eigenvalue weighted by molar-refractivity contribution is 0.116. The van der Waals surface area contributed by atoms with Crippen molar-refractivity contribution >= 4 is 23.4 Å². The lowest BCUT2D eigenvalue weighted by atomic mass is 10.2. The predicted molar refractivity (Wildman–Crippen MR) is 75.6 cm³/mol. The molecule has 0 radical (unpaired) electrons. The molecule has 0 saturated carbocycles. The molecule has 5 nitrogen and oxygen atoms in total. The molecule has 18 heavy (non-hydrogen) atoms. The molecular weight excluding hydrogens is 248 g/mol. The van der Waals surface area contributed by atoms with E-state index in [1.807, 2.05) is 26.4 Å². The number of anilines is 2. The lowest BCUT2D eigenvalue weighted by Gasteiger charge is -2.22. The van der Waals surface area contributed by atoms with Gasteiger partial charge in [0.05, 0.1) is 6.10 Å². The molecule has 0 spiro atoms. The Bertz CT molecular complexity index is 373. The van der Waals surface area contributed by atoms with Crippen LogP contribution in [0.5, 0.6) is 0 Å². The topological polar surface area (TPSA) is 50.3 Å². The van der Waals surface area contributed by atoms with Crippen LogP contribution in [0.1, 0.15) is 12.8 Å². The maximum atomic E-state index is 5.65. The second kappa shape index (κ2) is 6.24. The molecule has 0 bridgehead atoms. The van der Waals surface area contributed by atoms with E-state index >= 15 is 0 Å². The molecule has 1 atom stereocenters. The van der Waals surface area contributed by atoms with Crippen molar-refractivity contribution in [3.05, 3.63) is 6.07 Å². The zero-order valence-electron chi connectivity index (χ0n) is 11.1. The molecule has 0 aromatic carbocycles. The second-order valence-corrected chi connectivity index (χ2v) is 5.14. The number of thioether (sulfide) groups is 1. The fraction of sp³-hybridized carbons (Fsp3) is 0.667. The van der Waals surface area contributed by atoms with Crippen molar-refractivity contribution in [1.29, 1.82) is 0 Å². The highest BCUT2D eigenvalue weighted by molar-refractivity contribution is 7.98. The zero-order valence-corrected chi connectivity index (χ0v) is 12.0. The molecule has 1 saturated heterocycles. The summed E-state index contributed by atoms with van der Waals surface area (Å²) in [6, 6.07) is 1.97. The summed E-state index contributed by atoms with van der Waals surface area (Å²) < 4.78 is 5.65. The minimum absolute atomic E-state index is 0.334. The molecular formula is C12H20N4OS. The predicted octanol–water partition coefficient (Wildman–Crippen LogP) is 1.86. The maximum absolute atomic E-state index is 5.65. The molecule has 1 aliphatic rings. The Morgan fingerprint density at radius 2 is 2.39 bits per heavy atom. The summed E-state index contributed by atoms with van der Waals surface area (Å²) in [5.41, 5.74) is 0. The monoisotopic (exact) mass is 268 g/mol. The first-order valence-corrected chi connectivity index (χ1v) is 7.39. The zero-order chi connectivity index (χ0) is 13.0. The van der Waals surface area contributed by atoms with E-state index in [0.717, 1.165) is 36.4 Å². The van der Waals surface area contributed by atoms with Gasteiger partial charge in [0.25, 0.3) is 0 Å². The summed E-state index contributed by atoms with van der Waals surface area (Å²) >= 11 is 1.55. The molecule has 1 N–H and O–H groups in total. The molecule has 1 unspecified atom stereocenters. The third-order valence-electron chi connectivity index (χ3n) is 3.02. The van der Waals surface area contributed by atoms with Crippen molar-refractivity contribution in [3.8, 4) is 0 Å². The summed E-state index contributed by atoms with van der Waals surface area (Å²) in [5, 5.41) is 3.86. The first-order chi connectivity index (χ1) is 8.72. The molecule has 1 aromatic heterocycles. The third-order valence-corrected chi connectivity index (χ3v) is 3.57. The highest BCUT2D eigenvalue weighted by Gasteiger charge is 2.18. The molecule has 100 valence electrons. The average Bonchev–Trinajstić information content (AvgIpc) is 2.90. The van der Waals surface area contributed by atoms with Gasteiger partial charge in [0.15, 0.2) is 5.16 Å². The summed E-state index contributed by atoms with van der Waals surface area (Å²) in [7, 11) is 3.92. The summed E-state index contributed by atoms with van der Waals surface area (Å²) in [4.78, 5) is 11.0. The smallest absolute Gasteiger partial charge is 0.191 e. The van der Waals surface area contributed by atoms with Crippen LogP contribution in [0.15, 0.2) is 11.2 Å². The van der Waals surface area contributed by atoms with Gasteiger partial charge < -0.3 is 15.0 Å². The van der Waals surface area contributed by atoms with Crippen molar-refractivity contribution in [2.24, 2.45) is 0 Å². The third kappa shape index (κ3) is 3.26. The van der Waals surface area contributed by atoms with Crippen molar-refractivity contribution in [2.45, 2.75) is 24.1 Å². The minimum Gasteiger partial charge on any atom is -0.376 e. The largest absolute Gasteiger partial charge is 0.376 e. The average molecular weight is 268 g/mol. The number of rotatable bonds is 5. The van der Waals surface area contributed by atoms with Crippen LogP contribution in [0.25, 0.3) is 0 Å². The van der Waals surface area contributed by atoms with Gasteiger partial charge in [-0.2, -0.15) is 0 Å². The molecule has 0 amide bonds. The number of aromatic nitrogens is 2. The van der Waals surface area contributed by atoms with E-state index in [-0.39, 0.29) is 0 Å². The molecule has 0 aliphatic carbocycles. The van der Waals surface area contributed by atoms with Crippen LogP contribution in [0.2, 0.25) is 0 Å². The van der Waals surface area contributed by atoms with Crippen molar-refractivity contribution < 1.29 is 4.74 Å². The fourth-order valence-corrected chi connectivity index (χ4v) is 2.39. The molecule has 2 rings (SSSR count). The van der Waals surface area contributed by atoms with Gasteiger partial charge in [0.2, 0.25) is 0 Å². The van der Waals surface area contributed by atoms with E-state index < -0.39 is 0 Å². The summed E-state index contributed by atoms with van der Waals surface area (Å²) in [6.45, 7) is 1.77. The molecule has 1 aromatic rings.